The van der Waals surface area contributed by atoms with Crippen LogP contribution in [0.2, 0.25) is 0 Å². The fourth-order valence-electron chi connectivity index (χ4n) is 1.69. The van der Waals surface area contributed by atoms with Crippen molar-refractivity contribution >= 4 is 11.3 Å². The van der Waals surface area contributed by atoms with E-state index in [4.69, 9.17) is 4.98 Å². The molecule has 2 rings (SSSR count). The van der Waals surface area contributed by atoms with Crippen LogP contribution in [0.3, 0.4) is 0 Å². The summed E-state index contributed by atoms with van der Waals surface area (Å²) in [7, 11) is 0. The molecular weight excluding hydrogens is 214 g/mol. The van der Waals surface area contributed by atoms with E-state index in [0.29, 0.717) is 5.92 Å². The van der Waals surface area contributed by atoms with Crippen LogP contribution in [0.5, 0.6) is 0 Å². The van der Waals surface area contributed by atoms with E-state index >= 15 is 0 Å². The number of aryl methyl sites for hydroxylation is 2. The summed E-state index contributed by atoms with van der Waals surface area (Å²) < 4.78 is 0. The van der Waals surface area contributed by atoms with Crippen LogP contribution in [-0.4, -0.2) is 4.98 Å². The zero-order chi connectivity index (χ0) is 11.7. The number of benzene rings is 1. The SMILES string of the molecule is Cc1ccc(C)c(-c2csc(C(C)C)n2)c1. The molecule has 0 spiro atoms. The van der Waals surface area contributed by atoms with Crippen LogP contribution in [0.25, 0.3) is 11.3 Å². The monoisotopic (exact) mass is 231 g/mol. The summed E-state index contributed by atoms with van der Waals surface area (Å²) in [5, 5.41) is 3.38. The maximum absolute atomic E-state index is 4.70. The molecule has 1 heterocycles. The molecule has 1 nitrogen and oxygen atoms in total. The quantitative estimate of drug-likeness (QED) is 0.739. The summed E-state index contributed by atoms with van der Waals surface area (Å²) in [5.41, 5.74) is 4.98. The lowest BCUT2D eigenvalue weighted by Gasteiger charge is -2.04. The summed E-state index contributed by atoms with van der Waals surface area (Å²) in [5.74, 6) is 0.517. The first kappa shape index (κ1) is 11.3. The van der Waals surface area contributed by atoms with Crippen LogP contribution in [0.1, 0.15) is 35.9 Å². The molecule has 0 fully saturated rings. The van der Waals surface area contributed by atoms with Gasteiger partial charge in [-0.1, -0.05) is 31.5 Å². The topological polar surface area (TPSA) is 12.9 Å². The highest BCUT2D eigenvalue weighted by atomic mass is 32.1. The predicted molar refractivity (Wildman–Crippen MR) is 71.1 cm³/mol. The van der Waals surface area contributed by atoms with Gasteiger partial charge in [0.05, 0.1) is 10.7 Å². The van der Waals surface area contributed by atoms with Gasteiger partial charge in [0.2, 0.25) is 0 Å². The minimum Gasteiger partial charge on any atom is -0.241 e. The van der Waals surface area contributed by atoms with Crippen LogP contribution >= 0.6 is 11.3 Å². The van der Waals surface area contributed by atoms with Gasteiger partial charge in [-0.25, -0.2) is 4.98 Å². The number of rotatable bonds is 2. The lowest BCUT2D eigenvalue weighted by atomic mass is 10.0. The van der Waals surface area contributed by atoms with Crippen molar-refractivity contribution in [2.75, 3.05) is 0 Å². The van der Waals surface area contributed by atoms with Crippen molar-refractivity contribution in [1.29, 1.82) is 0 Å². The van der Waals surface area contributed by atoms with Crippen LogP contribution in [0, 0.1) is 13.8 Å². The Morgan fingerprint density at radius 2 is 1.94 bits per heavy atom. The minimum atomic E-state index is 0.517. The molecule has 0 atom stereocenters. The van der Waals surface area contributed by atoms with Gasteiger partial charge in [-0.05, 0) is 25.5 Å². The maximum Gasteiger partial charge on any atom is 0.0958 e. The molecule has 0 aliphatic carbocycles. The van der Waals surface area contributed by atoms with Crippen molar-refractivity contribution in [3.8, 4) is 11.3 Å². The second kappa shape index (κ2) is 4.38. The van der Waals surface area contributed by atoms with Gasteiger partial charge in [0, 0.05) is 16.9 Å². The molecule has 0 unspecified atom stereocenters. The molecule has 1 aromatic carbocycles. The first-order valence-corrected chi connectivity index (χ1v) is 6.49. The van der Waals surface area contributed by atoms with Gasteiger partial charge in [0.25, 0.3) is 0 Å². The van der Waals surface area contributed by atoms with Gasteiger partial charge in [-0.15, -0.1) is 11.3 Å². The van der Waals surface area contributed by atoms with Gasteiger partial charge in [-0.3, -0.25) is 0 Å². The van der Waals surface area contributed by atoms with Gasteiger partial charge >= 0.3 is 0 Å². The molecule has 0 aliphatic rings. The van der Waals surface area contributed by atoms with Crippen LogP contribution in [-0.2, 0) is 0 Å². The van der Waals surface area contributed by atoms with Gasteiger partial charge in [-0.2, -0.15) is 0 Å². The van der Waals surface area contributed by atoms with Crippen molar-refractivity contribution in [3.63, 3.8) is 0 Å². The first-order chi connectivity index (χ1) is 7.58. The van der Waals surface area contributed by atoms with Crippen molar-refractivity contribution in [2.45, 2.75) is 33.6 Å². The van der Waals surface area contributed by atoms with Crippen molar-refractivity contribution in [2.24, 2.45) is 0 Å². The molecule has 0 N–H and O–H groups in total. The van der Waals surface area contributed by atoms with E-state index in [9.17, 15) is 0 Å². The number of hydrogen-bond donors (Lipinski definition) is 0. The normalized spacial score (nSPS) is 11.1. The number of thiazole rings is 1. The van der Waals surface area contributed by atoms with Crippen molar-refractivity contribution < 1.29 is 0 Å². The summed E-state index contributed by atoms with van der Waals surface area (Å²) in [6.45, 7) is 8.64. The van der Waals surface area contributed by atoms with Crippen molar-refractivity contribution in [3.05, 3.63) is 39.7 Å². The fraction of sp³-hybridized carbons (Fsp3) is 0.357. The van der Waals surface area contributed by atoms with E-state index < -0.39 is 0 Å². The van der Waals surface area contributed by atoms with Gasteiger partial charge < -0.3 is 0 Å². The Labute approximate surface area is 101 Å². The molecule has 0 aliphatic heterocycles. The Balaban J connectivity index is 2.46. The summed E-state index contributed by atoms with van der Waals surface area (Å²) >= 11 is 1.76. The van der Waals surface area contributed by atoms with E-state index in [1.54, 1.807) is 11.3 Å². The Hall–Kier alpha value is -1.15. The molecule has 0 radical (unpaired) electrons. The minimum absolute atomic E-state index is 0.517. The standard InChI is InChI=1S/C14H17NS/c1-9(2)14-15-13(8-16-14)12-7-10(3)5-6-11(12)4/h5-9H,1-4H3. The second-order valence-electron chi connectivity index (χ2n) is 4.54. The number of hydrogen-bond acceptors (Lipinski definition) is 2. The molecule has 2 aromatic rings. The number of nitrogens with zero attached hydrogens (tertiary/aromatic N) is 1. The highest BCUT2D eigenvalue weighted by Gasteiger charge is 2.09. The smallest absolute Gasteiger partial charge is 0.0958 e. The van der Waals surface area contributed by atoms with E-state index in [2.05, 4.69) is 51.3 Å². The third-order valence-electron chi connectivity index (χ3n) is 2.68. The van der Waals surface area contributed by atoms with E-state index in [1.165, 1.54) is 21.7 Å². The Kier molecular flexibility index (Phi) is 3.10. The molecule has 1 aromatic heterocycles. The molecule has 0 amide bonds. The predicted octanol–water partition coefficient (Wildman–Crippen LogP) is 4.55. The molecule has 2 heteroatoms. The second-order valence-corrected chi connectivity index (χ2v) is 5.43. The Morgan fingerprint density at radius 3 is 2.56 bits per heavy atom. The van der Waals surface area contributed by atoms with Crippen LogP contribution < -0.4 is 0 Å². The highest BCUT2D eigenvalue weighted by molar-refractivity contribution is 7.10. The number of aromatic nitrogens is 1. The third kappa shape index (κ3) is 2.17. The molecular formula is C14H17NS. The lowest BCUT2D eigenvalue weighted by Crippen LogP contribution is -1.88. The van der Waals surface area contributed by atoms with E-state index in [-0.39, 0.29) is 0 Å². The Morgan fingerprint density at radius 1 is 1.19 bits per heavy atom. The fourth-order valence-corrected chi connectivity index (χ4v) is 2.52. The van der Waals surface area contributed by atoms with E-state index in [1.807, 2.05) is 0 Å². The highest BCUT2D eigenvalue weighted by Crippen LogP contribution is 2.28. The maximum atomic E-state index is 4.70. The van der Waals surface area contributed by atoms with Crippen molar-refractivity contribution in [1.82, 2.24) is 4.98 Å². The van der Waals surface area contributed by atoms with Gasteiger partial charge in [0.15, 0.2) is 0 Å². The molecule has 0 bridgehead atoms. The average molecular weight is 231 g/mol. The Bertz CT molecular complexity index is 497. The zero-order valence-electron chi connectivity index (χ0n) is 10.2. The van der Waals surface area contributed by atoms with Crippen LogP contribution in [0.15, 0.2) is 23.6 Å². The zero-order valence-corrected chi connectivity index (χ0v) is 11.1. The summed E-state index contributed by atoms with van der Waals surface area (Å²) in [4.78, 5) is 4.70. The third-order valence-corrected chi connectivity index (χ3v) is 3.83. The van der Waals surface area contributed by atoms with E-state index in [0.717, 1.165) is 5.69 Å². The average Bonchev–Trinajstić information content (AvgIpc) is 2.70. The molecule has 84 valence electrons. The molecule has 16 heavy (non-hydrogen) atoms. The molecule has 0 saturated carbocycles. The summed E-state index contributed by atoms with van der Waals surface area (Å²) in [6, 6.07) is 6.53. The van der Waals surface area contributed by atoms with Gasteiger partial charge in [0.1, 0.15) is 0 Å². The largest absolute Gasteiger partial charge is 0.241 e. The lowest BCUT2D eigenvalue weighted by molar-refractivity contribution is 0.853. The summed E-state index contributed by atoms with van der Waals surface area (Å²) in [6.07, 6.45) is 0. The first-order valence-electron chi connectivity index (χ1n) is 5.61. The molecule has 0 saturated heterocycles. The van der Waals surface area contributed by atoms with Crippen LogP contribution in [0.4, 0.5) is 0 Å².